The van der Waals surface area contributed by atoms with Crippen molar-refractivity contribution in [2.45, 2.75) is 95.4 Å². The second kappa shape index (κ2) is 35.2. The number of phenolic OH excluding ortho intramolecular Hbond substituents is 1. The third-order valence-corrected chi connectivity index (χ3v) is 21.2. The van der Waals surface area contributed by atoms with Gasteiger partial charge in [-0.25, -0.2) is 0 Å². The molecule has 0 aliphatic carbocycles. The monoisotopic (exact) mass is 1680 g/mol. The Labute approximate surface area is 637 Å². The summed E-state index contributed by atoms with van der Waals surface area (Å²) >= 11 is 11.7. The number of carbonyl (C=O) groups is 3. The number of ether oxygens (including phenoxy) is 3. The maximum absolute atomic E-state index is 11.6. The van der Waals surface area contributed by atoms with E-state index in [2.05, 4.69) is 201 Å². The van der Waals surface area contributed by atoms with Crippen LogP contribution in [0.5, 0.6) is 17.2 Å². The Balaban J connectivity index is 0.000000184. The molecule has 0 saturated heterocycles. The highest BCUT2D eigenvalue weighted by molar-refractivity contribution is 9.19. The summed E-state index contributed by atoms with van der Waals surface area (Å²) in [5.74, 6) is 0.595. The standard InChI is InChI=1S/C22H21BrN2O5.C20H20N2O4.C13H17NO.C11H13N.C7H5NO4.C2H2Br2O.C2H5BrO/c1-21(2)17-5-3-4-6-18(17)24(11-12-29-20(26)14-23)22(21)10-9-15-13-16(25(27)28)7-8-19(15)30-22;1-19(2)16-5-3-4-6-17(16)21(11-12-23)20(19)10-9-14-13-15(22(24)25)7-8-18(14)26-20;1-10-13(2,3)11-6-4-5-7-12(11)14(10)8-9-15;1-8-11(2,3)9-6-4-5-7-10(9)12-8;9-4-5-3-6(8(11)12)1-2-7(5)10;3-1-2(4)5;3-1-2-4/h3-10,13H,11-12,14H2,1-2H3;3-10,13,23H,11-12H2,1-2H3;4-7,15H,1,8-9H2,2-3H3;4-7H,1-3H3;1-4,10H;1H2;4H,1-2H2. The molecule has 4 N–H and O–H groups in total. The highest BCUT2D eigenvalue weighted by Crippen LogP contribution is 2.57. The number of allylic oxidation sites excluding steroid dienone is 1. The van der Waals surface area contributed by atoms with E-state index in [1.54, 1.807) is 12.1 Å². The molecule has 27 heteroatoms. The molecule has 6 heterocycles. The minimum Gasteiger partial charge on any atom is -0.507 e. The highest BCUT2D eigenvalue weighted by Gasteiger charge is 2.60. The number of aliphatic hydroxyl groups excluding tert-OH is 3. The first kappa shape index (κ1) is 82.3. The Morgan fingerprint density at radius 3 is 1.43 bits per heavy atom. The summed E-state index contributed by atoms with van der Waals surface area (Å²) in [5.41, 5.74) is 10.3. The lowest BCUT2D eigenvalue weighted by atomic mass is 9.76. The number of halogens is 4. The third-order valence-electron chi connectivity index (χ3n) is 18.8. The molecule has 23 nitrogen and oxygen atoms in total. The van der Waals surface area contributed by atoms with Crippen LogP contribution in [0.3, 0.4) is 0 Å². The predicted molar refractivity (Wildman–Crippen MR) is 420 cm³/mol. The van der Waals surface area contributed by atoms with Crippen LogP contribution in [0.15, 0.2) is 181 Å². The first-order valence-corrected chi connectivity index (χ1v) is 37.0. The predicted octanol–water partition coefficient (Wildman–Crippen LogP) is 16.1. The number of esters is 1. The molecule has 13 rings (SSSR count). The number of anilines is 3. The largest absolute Gasteiger partial charge is 0.507 e. The van der Waals surface area contributed by atoms with E-state index < -0.39 is 31.6 Å². The normalized spacial score (nSPS) is 17.9. The molecule has 6 aliphatic heterocycles. The fraction of sp³-hybridized carbons (Fsp3) is 0.325. The van der Waals surface area contributed by atoms with E-state index in [1.165, 1.54) is 46.8 Å². The number of aromatic hydroxyl groups is 1. The summed E-state index contributed by atoms with van der Waals surface area (Å²) < 4.78 is 18.3. The van der Waals surface area contributed by atoms with Gasteiger partial charge in [0.05, 0.1) is 68.5 Å². The maximum Gasteiger partial charge on any atom is 0.316 e. The maximum atomic E-state index is 11.6. The van der Waals surface area contributed by atoms with Crippen molar-refractivity contribution < 1.29 is 63.8 Å². The van der Waals surface area contributed by atoms with Gasteiger partial charge in [0.1, 0.15) is 29.2 Å². The number of para-hydroxylation sites is 4. The van der Waals surface area contributed by atoms with Gasteiger partial charge >= 0.3 is 5.97 Å². The van der Waals surface area contributed by atoms with Gasteiger partial charge < -0.3 is 49.3 Å². The molecular formula is C77H83Br4N7O16. The number of phenols is 1. The van der Waals surface area contributed by atoms with Crippen LogP contribution >= 0.6 is 63.7 Å². The average molecular weight is 1680 g/mol. The van der Waals surface area contributed by atoms with Gasteiger partial charge in [-0.1, -0.05) is 155 Å². The van der Waals surface area contributed by atoms with Crippen molar-refractivity contribution in [2.24, 2.45) is 4.99 Å². The van der Waals surface area contributed by atoms with Crippen LogP contribution in [-0.4, -0.2) is 131 Å². The molecular weight excluding hydrogens is 1600 g/mol. The average Bonchev–Trinajstić information content (AvgIpc) is 1.55. The number of aliphatic imine (C=N–C) groups is 1. The summed E-state index contributed by atoms with van der Waals surface area (Å²) in [5, 5.41) is 69.1. The van der Waals surface area contributed by atoms with E-state index >= 15 is 0 Å². The molecule has 0 radical (unpaired) electrons. The van der Waals surface area contributed by atoms with Crippen LogP contribution in [0.25, 0.3) is 12.2 Å². The van der Waals surface area contributed by atoms with E-state index in [1.807, 2.05) is 72.8 Å². The van der Waals surface area contributed by atoms with Crippen molar-refractivity contribution in [2.75, 3.05) is 76.8 Å². The van der Waals surface area contributed by atoms with Crippen LogP contribution in [-0.2, 0) is 36.0 Å². The Morgan fingerprint density at radius 2 is 1.00 bits per heavy atom. The highest BCUT2D eigenvalue weighted by atomic mass is 79.9. The van der Waals surface area contributed by atoms with Crippen molar-refractivity contribution >= 4 is 138 Å². The van der Waals surface area contributed by atoms with Gasteiger partial charge in [-0.3, -0.25) is 49.7 Å². The number of nitrogens with zero attached hydrogens (tertiary/aromatic N) is 7. The molecule has 2 spiro atoms. The first-order valence-electron chi connectivity index (χ1n) is 32.8. The lowest BCUT2D eigenvalue weighted by Gasteiger charge is -2.47. The summed E-state index contributed by atoms with van der Waals surface area (Å²) in [4.78, 5) is 73.2. The fourth-order valence-electron chi connectivity index (χ4n) is 13.0. The van der Waals surface area contributed by atoms with Crippen molar-refractivity contribution in [1.82, 2.24) is 0 Å². The Bertz CT molecular complexity index is 4430. The number of hydrogen-bond acceptors (Lipinski definition) is 20. The second-order valence-electron chi connectivity index (χ2n) is 26.2. The fourth-order valence-corrected chi connectivity index (χ4v) is 13.1. The van der Waals surface area contributed by atoms with E-state index in [0.717, 1.165) is 52.1 Å². The SMILES string of the molecule is C=C1N(CCO)c2ccccc2C1(C)C.CC1(C)c2ccccc2N(CCO)C12C=Cc1cc([N+](=O)[O-])ccc1O2.CC1(C)c2ccccc2N(CCOC(=O)CBr)C12C=Cc1cc([N+](=O)[O-])ccc1O2.CC1=Nc2ccccc2C1(C)C.O=C(Br)CBr.O=Cc1cc([N+](=O)[O-])ccc1O.OCCBr. The Morgan fingerprint density at radius 1 is 0.577 bits per heavy atom. The second-order valence-corrected chi connectivity index (χ2v) is 29.0. The lowest BCUT2D eigenvalue weighted by Crippen LogP contribution is -2.60. The molecule has 0 aromatic heterocycles. The van der Waals surface area contributed by atoms with E-state index in [-0.39, 0.29) is 87.0 Å². The molecule has 6 aliphatic rings. The number of benzene rings is 7. The summed E-state index contributed by atoms with van der Waals surface area (Å²) in [6.45, 7) is 25.5. The molecule has 2 unspecified atom stereocenters. The van der Waals surface area contributed by atoms with Gasteiger partial charge in [-0.15, -0.1) is 0 Å². The number of non-ortho nitro benzene ring substituents is 3. The zero-order valence-corrected chi connectivity index (χ0v) is 65.3. The lowest BCUT2D eigenvalue weighted by molar-refractivity contribution is -0.385. The van der Waals surface area contributed by atoms with Crippen molar-refractivity contribution in [1.29, 1.82) is 0 Å². The number of aldehydes is 1. The van der Waals surface area contributed by atoms with Gasteiger partial charge in [-0.05, 0) is 140 Å². The zero-order chi connectivity index (χ0) is 76.7. The molecule has 0 amide bonds. The molecule has 0 saturated carbocycles. The van der Waals surface area contributed by atoms with Crippen molar-refractivity contribution in [3.63, 3.8) is 0 Å². The van der Waals surface area contributed by atoms with Crippen molar-refractivity contribution in [3.05, 3.63) is 245 Å². The number of carbonyl (C=O) groups excluding carboxylic acids is 3. The van der Waals surface area contributed by atoms with Gasteiger partial charge in [0.2, 0.25) is 16.1 Å². The number of aliphatic hydroxyl groups is 3. The van der Waals surface area contributed by atoms with Crippen LogP contribution < -0.4 is 24.2 Å². The summed E-state index contributed by atoms with van der Waals surface area (Å²) in [6.07, 6.45) is 8.02. The van der Waals surface area contributed by atoms with Gasteiger partial charge in [0, 0.05) is 105 Å². The number of nitro groups is 3. The van der Waals surface area contributed by atoms with E-state index in [0.29, 0.717) is 59.2 Å². The van der Waals surface area contributed by atoms with Gasteiger partial charge in [0.25, 0.3) is 17.1 Å². The first-order chi connectivity index (χ1) is 49.2. The quantitative estimate of drug-likeness (QED) is 0.0196. The minimum absolute atomic E-state index is 0.00349. The van der Waals surface area contributed by atoms with Gasteiger partial charge in [-0.2, -0.15) is 0 Å². The molecule has 0 fully saturated rings. The number of hydrogen-bond donors (Lipinski definition) is 4. The Kier molecular flexibility index (Phi) is 27.9. The molecule has 0 bridgehead atoms. The van der Waals surface area contributed by atoms with E-state index in [9.17, 15) is 49.8 Å². The zero-order valence-electron chi connectivity index (χ0n) is 58.9. The number of β-amino-alcohol motifs (C(OH)–C–C–N with tert-alkyl or cyclic N) is 2. The number of alkyl halides is 3. The Hall–Kier alpha value is -8.96. The van der Waals surface area contributed by atoms with Crippen molar-refractivity contribution in [3.8, 4) is 17.2 Å². The van der Waals surface area contributed by atoms with Crippen LogP contribution in [0.2, 0.25) is 0 Å². The number of rotatable bonds is 14. The molecule has 104 heavy (non-hydrogen) atoms. The number of nitro benzene ring substituents is 3. The van der Waals surface area contributed by atoms with Gasteiger partial charge in [0.15, 0.2) is 6.29 Å². The number of fused-ring (bicyclic) bond motifs is 6. The van der Waals surface area contributed by atoms with Crippen LogP contribution in [0.4, 0.5) is 39.8 Å². The molecule has 7 aromatic carbocycles. The summed E-state index contributed by atoms with van der Waals surface area (Å²) in [7, 11) is 0. The molecule has 7 aromatic rings. The molecule has 2 atom stereocenters. The van der Waals surface area contributed by atoms with Crippen LogP contribution in [0, 0.1) is 30.3 Å². The van der Waals surface area contributed by atoms with Crippen LogP contribution in [0.1, 0.15) is 106 Å². The minimum atomic E-state index is -0.860. The van der Waals surface area contributed by atoms with E-state index in [4.69, 9.17) is 29.5 Å². The molecule has 550 valence electrons. The topological polar surface area (TPSA) is 311 Å². The smallest absolute Gasteiger partial charge is 0.316 e. The third kappa shape index (κ3) is 17.4. The summed E-state index contributed by atoms with van der Waals surface area (Å²) in [6, 6.07) is 45.3.